The molecule has 2 aromatic carbocycles. The number of amides is 3. The van der Waals surface area contributed by atoms with E-state index in [1.807, 2.05) is 6.92 Å². The fourth-order valence-electron chi connectivity index (χ4n) is 3.32. The second kappa shape index (κ2) is 8.25. The number of nitrogens with zero attached hydrogens (tertiary/aromatic N) is 1. The number of aryl methyl sites for hydroxylation is 1. The molecule has 2 aliphatic heterocycles. The highest BCUT2D eigenvalue weighted by Crippen LogP contribution is 2.30. The average molecular weight is 431 g/mol. The van der Waals surface area contributed by atoms with Crippen LogP contribution in [0.1, 0.15) is 34.3 Å². The molecule has 158 valence electrons. The van der Waals surface area contributed by atoms with Crippen molar-refractivity contribution in [2.24, 2.45) is 0 Å². The van der Waals surface area contributed by atoms with E-state index in [0.29, 0.717) is 24.2 Å². The Kier molecular flexibility index (Phi) is 5.90. The molecule has 0 aliphatic carbocycles. The number of benzene rings is 2. The number of rotatable bonds is 2. The van der Waals surface area contributed by atoms with E-state index >= 15 is 0 Å². The normalized spacial score (nSPS) is 18.4. The molecule has 30 heavy (non-hydrogen) atoms. The van der Waals surface area contributed by atoms with Crippen LogP contribution < -0.4 is 11.1 Å². The van der Waals surface area contributed by atoms with Gasteiger partial charge in [0.05, 0.1) is 4.90 Å². The second-order valence-corrected chi connectivity index (χ2v) is 8.48. The van der Waals surface area contributed by atoms with Gasteiger partial charge in [0, 0.05) is 29.8 Å². The van der Waals surface area contributed by atoms with Gasteiger partial charge >= 0.3 is 0 Å². The van der Waals surface area contributed by atoms with Gasteiger partial charge in [-0.2, -0.15) is 8.42 Å². The maximum atomic E-state index is 12.3. The summed E-state index contributed by atoms with van der Waals surface area (Å²) in [4.78, 5) is 36.7. The highest BCUT2D eigenvalue weighted by atomic mass is 32.2. The molecule has 3 amide bonds. The van der Waals surface area contributed by atoms with E-state index in [-0.39, 0.29) is 23.1 Å². The van der Waals surface area contributed by atoms with Gasteiger partial charge in [-0.3, -0.25) is 24.3 Å². The second-order valence-electron chi connectivity index (χ2n) is 7.06. The molecule has 2 aliphatic rings. The highest BCUT2D eigenvalue weighted by Gasteiger charge is 2.39. The maximum absolute atomic E-state index is 12.3. The number of fused-ring (bicyclic) bond motifs is 1. The van der Waals surface area contributed by atoms with Gasteiger partial charge < -0.3 is 10.6 Å². The first-order chi connectivity index (χ1) is 14.1. The van der Waals surface area contributed by atoms with Crippen molar-refractivity contribution in [3.05, 3.63) is 59.2 Å². The van der Waals surface area contributed by atoms with Crippen molar-refractivity contribution >= 4 is 33.5 Å². The summed E-state index contributed by atoms with van der Waals surface area (Å²) in [6.45, 7) is 2.17. The van der Waals surface area contributed by atoms with Crippen LogP contribution in [0.15, 0.2) is 47.4 Å². The number of nitrogen functional groups attached to an aromatic ring is 1. The standard InChI is InChI=1S/C13H13N3O3.C7H8O3S/c14-9-3-1-2-7-8(9)6-16(13(7)19)10-4-5-11(17)15-12(10)18;1-6-2-4-7(5-3-6)11(8,9)10/h1-3,10H,4-6,14H2,(H,15,17,18);2-5H,1H3,(H,8,9,10). The van der Waals surface area contributed by atoms with Crippen LogP contribution >= 0.6 is 0 Å². The molecule has 1 saturated heterocycles. The van der Waals surface area contributed by atoms with Gasteiger partial charge in [-0.1, -0.05) is 23.8 Å². The van der Waals surface area contributed by atoms with Crippen LogP contribution in [0.4, 0.5) is 5.69 Å². The van der Waals surface area contributed by atoms with Crippen LogP contribution in [0.25, 0.3) is 0 Å². The van der Waals surface area contributed by atoms with Gasteiger partial charge in [0.1, 0.15) is 6.04 Å². The number of carbonyl (C=O) groups excluding carboxylic acids is 3. The minimum atomic E-state index is -4.02. The summed E-state index contributed by atoms with van der Waals surface area (Å²) >= 11 is 0. The molecule has 1 fully saturated rings. The van der Waals surface area contributed by atoms with Crippen molar-refractivity contribution in [2.75, 3.05) is 5.73 Å². The number of carbonyl (C=O) groups is 3. The van der Waals surface area contributed by atoms with E-state index in [0.717, 1.165) is 11.1 Å². The van der Waals surface area contributed by atoms with E-state index < -0.39 is 22.1 Å². The Morgan fingerprint density at radius 2 is 1.77 bits per heavy atom. The smallest absolute Gasteiger partial charge is 0.294 e. The molecule has 2 heterocycles. The SMILES string of the molecule is Cc1ccc(S(=O)(=O)O)cc1.Nc1cccc2c1CN(C1CCC(=O)NC1=O)C2=O. The summed E-state index contributed by atoms with van der Waals surface area (Å²) in [5.74, 6) is -0.891. The Bertz CT molecular complexity index is 1110. The van der Waals surface area contributed by atoms with Gasteiger partial charge in [-0.05, 0) is 37.6 Å². The molecule has 10 heteroatoms. The molecule has 0 spiro atoms. The molecule has 4 rings (SSSR count). The molecule has 9 nitrogen and oxygen atoms in total. The van der Waals surface area contributed by atoms with E-state index in [2.05, 4.69) is 5.32 Å². The van der Waals surface area contributed by atoms with Crippen molar-refractivity contribution in [1.82, 2.24) is 10.2 Å². The first-order valence-electron chi connectivity index (χ1n) is 9.14. The Labute approximate surface area is 173 Å². The lowest BCUT2D eigenvalue weighted by molar-refractivity contribution is -0.136. The van der Waals surface area contributed by atoms with Crippen molar-refractivity contribution in [1.29, 1.82) is 0 Å². The third-order valence-corrected chi connectivity index (χ3v) is 5.81. The maximum Gasteiger partial charge on any atom is 0.294 e. The number of hydrogen-bond donors (Lipinski definition) is 3. The topological polar surface area (TPSA) is 147 Å². The molecule has 4 N–H and O–H groups in total. The van der Waals surface area contributed by atoms with Crippen molar-refractivity contribution in [3.8, 4) is 0 Å². The first-order valence-corrected chi connectivity index (χ1v) is 10.6. The average Bonchev–Trinajstić information content (AvgIpc) is 3.00. The predicted octanol–water partition coefficient (Wildman–Crippen LogP) is 1.27. The van der Waals surface area contributed by atoms with E-state index in [4.69, 9.17) is 10.3 Å². The Morgan fingerprint density at radius 3 is 2.33 bits per heavy atom. The van der Waals surface area contributed by atoms with Crippen LogP contribution in [0, 0.1) is 6.92 Å². The third kappa shape index (κ3) is 4.50. The van der Waals surface area contributed by atoms with Gasteiger partial charge in [0.2, 0.25) is 11.8 Å². The number of nitrogens with two attached hydrogens (primary N) is 1. The quantitative estimate of drug-likeness (QED) is 0.368. The minimum absolute atomic E-state index is 0.0666. The number of imide groups is 1. The molecule has 0 bridgehead atoms. The lowest BCUT2D eigenvalue weighted by Gasteiger charge is -2.29. The van der Waals surface area contributed by atoms with E-state index in [1.165, 1.54) is 17.0 Å². The van der Waals surface area contributed by atoms with Crippen LogP contribution in [0.5, 0.6) is 0 Å². The van der Waals surface area contributed by atoms with Crippen LogP contribution in [-0.2, 0) is 26.3 Å². The number of anilines is 1. The zero-order valence-electron chi connectivity index (χ0n) is 16.2. The number of hydrogen-bond acceptors (Lipinski definition) is 6. The zero-order chi connectivity index (χ0) is 22.1. The summed E-state index contributed by atoms with van der Waals surface area (Å²) in [6, 6.07) is 10.6. The predicted molar refractivity (Wildman–Crippen MR) is 108 cm³/mol. The molecule has 2 aromatic rings. The van der Waals surface area contributed by atoms with Crippen molar-refractivity contribution < 1.29 is 27.4 Å². The van der Waals surface area contributed by atoms with Gasteiger partial charge in [-0.15, -0.1) is 0 Å². The minimum Gasteiger partial charge on any atom is -0.398 e. The lowest BCUT2D eigenvalue weighted by Crippen LogP contribution is -2.52. The lowest BCUT2D eigenvalue weighted by atomic mass is 10.0. The summed E-state index contributed by atoms with van der Waals surface area (Å²) < 4.78 is 29.6. The molecule has 0 aromatic heterocycles. The van der Waals surface area contributed by atoms with Gasteiger partial charge in [0.15, 0.2) is 0 Å². The number of piperidine rings is 1. The van der Waals surface area contributed by atoms with Crippen LogP contribution in [-0.4, -0.2) is 41.6 Å². The van der Waals surface area contributed by atoms with Crippen molar-refractivity contribution in [2.45, 2.75) is 37.2 Å². The largest absolute Gasteiger partial charge is 0.398 e. The van der Waals surface area contributed by atoms with Gasteiger partial charge in [-0.25, -0.2) is 0 Å². The van der Waals surface area contributed by atoms with Crippen LogP contribution in [0.2, 0.25) is 0 Å². The zero-order valence-corrected chi connectivity index (χ0v) is 17.0. The molecule has 0 saturated carbocycles. The summed E-state index contributed by atoms with van der Waals surface area (Å²) in [5, 5.41) is 2.27. The van der Waals surface area contributed by atoms with Crippen LogP contribution in [0.3, 0.4) is 0 Å². The summed E-state index contributed by atoms with van der Waals surface area (Å²) in [7, 11) is -4.02. The fourth-order valence-corrected chi connectivity index (χ4v) is 3.80. The Balaban J connectivity index is 0.000000199. The molecule has 0 radical (unpaired) electrons. The van der Waals surface area contributed by atoms with Gasteiger partial charge in [0.25, 0.3) is 16.0 Å². The van der Waals surface area contributed by atoms with Crippen molar-refractivity contribution in [3.63, 3.8) is 0 Å². The molecule has 1 atom stereocenters. The first kappa shape index (κ1) is 21.5. The molecular weight excluding hydrogens is 410 g/mol. The third-order valence-electron chi connectivity index (χ3n) is 4.94. The van der Waals surface area contributed by atoms with E-state index in [1.54, 1.807) is 30.3 Å². The Morgan fingerprint density at radius 1 is 1.10 bits per heavy atom. The van der Waals surface area contributed by atoms with E-state index in [9.17, 15) is 22.8 Å². The summed E-state index contributed by atoms with van der Waals surface area (Å²) in [6.07, 6.45) is 0.621. The molecule has 1 unspecified atom stereocenters. The summed E-state index contributed by atoms with van der Waals surface area (Å²) in [5.41, 5.74) is 8.67. The Hall–Kier alpha value is -3.24. The fraction of sp³-hybridized carbons (Fsp3) is 0.250. The molecular formula is C20H21N3O6S. The number of nitrogens with one attached hydrogen (secondary N) is 1. The highest BCUT2D eigenvalue weighted by molar-refractivity contribution is 7.85. The monoisotopic (exact) mass is 431 g/mol.